The zero-order valence-electron chi connectivity index (χ0n) is 9.62. The molecule has 2 rings (SSSR count). The maximum absolute atomic E-state index is 11.1. The van der Waals surface area contributed by atoms with E-state index in [9.17, 15) is 4.79 Å². The first-order valence-corrected chi connectivity index (χ1v) is 5.39. The molecule has 0 saturated heterocycles. The Balaban J connectivity index is 2.33. The van der Waals surface area contributed by atoms with Crippen LogP contribution < -0.4 is 11.1 Å². The Morgan fingerprint density at radius 2 is 2.35 bits per heavy atom. The summed E-state index contributed by atoms with van der Waals surface area (Å²) in [5, 5.41) is 3.71. The molecular formula is C12H15N3O2. The number of rotatable bonds is 3. The number of aromatic amines is 1. The minimum Gasteiger partial charge on any atom is -0.453 e. The number of aromatic nitrogens is 1. The zero-order valence-corrected chi connectivity index (χ0v) is 9.62. The number of fused-ring (bicyclic) bond motifs is 1. The van der Waals surface area contributed by atoms with E-state index in [1.54, 1.807) is 0 Å². The van der Waals surface area contributed by atoms with Crippen molar-refractivity contribution in [1.82, 2.24) is 4.98 Å². The first-order valence-electron chi connectivity index (χ1n) is 5.39. The maximum Gasteiger partial charge on any atom is 0.411 e. The van der Waals surface area contributed by atoms with Gasteiger partial charge >= 0.3 is 6.09 Å². The number of H-pyrrole nitrogens is 1. The molecule has 0 aliphatic rings. The molecule has 1 aromatic heterocycles. The van der Waals surface area contributed by atoms with Crippen molar-refractivity contribution in [2.24, 2.45) is 5.73 Å². The van der Waals surface area contributed by atoms with E-state index in [4.69, 9.17) is 5.73 Å². The van der Waals surface area contributed by atoms with Crippen LogP contribution in [0.5, 0.6) is 0 Å². The van der Waals surface area contributed by atoms with Crippen LogP contribution in [0, 0.1) is 0 Å². The van der Waals surface area contributed by atoms with Crippen molar-refractivity contribution in [3.05, 3.63) is 30.0 Å². The fourth-order valence-corrected chi connectivity index (χ4v) is 1.79. The highest BCUT2D eigenvalue weighted by atomic mass is 16.5. The van der Waals surface area contributed by atoms with Crippen LogP contribution >= 0.6 is 0 Å². The normalized spacial score (nSPS) is 10.5. The number of anilines is 1. The van der Waals surface area contributed by atoms with Gasteiger partial charge in [0.05, 0.1) is 7.11 Å². The van der Waals surface area contributed by atoms with Gasteiger partial charge in [-0.2, -0.15) is 0 Å². The monoisotopic (exact) mass is 233 g/mol. The molecule has 0 atom stereocenters. The van der Waals surface area contributed by atoms with Gasteiger partial charge in [0.2, 0.25) is 0 Å². The molecule has 0 fully saturated rings. The molecule has 1 aromatic carbocycles. The Morgan fingerprint density at radius 3 is 3.06 bits per heavy atom. The summed E-state index contributed by atoms with van der Waals surface area (Å²) in [6.45, 7) is 0.599. The lowest BCUT2D eigenvalue weighted by Crippen LogP contribution is -2.10. The number of methoxy groups -OCH3 is 1. The third kappa shape index (κ3) is 2.39. The van der Waals surface area contributed by atoms with Crippen molar-refractivity contribution in [2.75, 3.05) is 19.0 Å². The van der Waals surface area contributed by atoms with Gasteiger partial charge in [0.1, 0.15) is 0 Å². The molecule has 4 N–H and O–H groups in total. The third-order valence-electron chi connectivity index (χ3n) is 2.61. The highest BCUT2D eigenvalue weighted by Gasteiger charge is 2.06. The Labute approximate surface area is 98.9 Å². The van der Waals surface area contributed by atoms with Crippen LogP contribution in [0.1, 0.15) is 5.56 Å². The number of nitrogens with one attached hydrogen (secondary N) is 2. The maximum atomic E-state index is 11.1. The summed E-state index contributed by atoms with van der Waals surface area (Å²) in [5.74, 6) is 0. The second-order valence-corrected chi connectivity index (χ2v) is 3.73. The molecule has 17 heavy (non-hydrogen) atoms. The summed E-state index contributed by atoms with van der Waals surface area (Å²) in [4.78, 5) is 14.3. The summed E-state index contributed by atoms with van der Waals surface area (Å²) in [7, 11) is 1.34. The van der Waals surface area contributed by atoms with Crippen molar-refractivity contribution in [1.29, 1.82) is 0 Å². The lowest BCUT2D eigenvalue weighted by atomic mass is 10.1. The van der Waals surface area contributed by atoms with E-state index in [2.05, 4.69) is 15.0 Å². The fourth-order valence-electron chi connectivity index (χ4n) is 1.79. The molecule has 2 aromatic rings. The first-order chi connectivity index (χ1) is 8.24. The molecule has 0 radical (unpaired) electrons. The molecule has 1 amide bonds. The van der Waals surface area contributed by atoms with E-state index in [-0.39, 0.29) is 0 Å². The van der Waals surface area contributed by atoms with Crippen molar-refractivity contribution in [2.45, 2.75) is 6.42 Å². The van der Waals surface area contributed by atoms with E-state index in [0.29, 0.717) is 12.2 Å². The Morgan fingerprint density at radius 1 is 1.53 bits per heavy atom. The fraction of sp³-hybridized carbons (Fsp3) is 0.250. The summed E-state index contributed by atoms with van der Waals surface area (Å²) < 4.78 is 4.55. The molecule has 0 aliphatic heterocycles. The van der Waals surface area contributed by atoms with E-state index in [0.717, 1.165) is 22.9 Å². The van der Waals surface area contributed by atoms with Gasteiger partial charge in [-0.05, 0) is 36.7 Å². The Kier molecular flexibility index (Phi) is 3.30. The molecule has 90 valence electrons. The number of benzene rings is 1. The number of hydrogen-bond donors (Lipinski definition) is 3. The minimum absolute atomic E-state index is 0.472. The number of amides is 1. The molecular weight excluding hydrogens is 218 g/mol. The number of carbonyl (C=O) groups is 1. The van der Waals surface area contributed by atoms with Crippen molar-refractivity contribution >= 4 is 22.7 Å². The van der Waals surface area contributed by atoms with Crippen LogP contribution in [-0.4, -0.2) is 24.7 Å². The molecule has 0 bridgehead atoms. The second kappa shape index (κ2) is 4.88. The SMILES string of the molecule is COC(=O)Nc1ccc2[nH]cc(CCN)c2c1. The standard InChI is InChI=1S/C12H15N3O2/c1-17-12(16)15-9-2-3-11-10(6-9)8(4-5-13)7-14-11/h2-3,6-7,14H,4-5,13H2,1H3,(H,15,16). The van der Waals surface area contributed by atoms with Crippen molar-refractivity contribution < 1.29 is 9.53 Å². The smallest absolute Gasteiger partial charge is 0.411 e. The number of carbonyl (C=O) groups excluding carboxylic acids is 1. The second-order valence-electron chi connectivity index (χ2n) is 3.73. The third-order valence-corrected chi connectivity index (χ3v) is 2.61. The molecule has 0 unspecified atom stereocenters. The van der Waals surface area contributed by atoms with Gasteiger partial charge < -0.3 is 15.5 Å². The Hall–Kier alpha value is -2.01. The topological polar surface area (TPSA) is 80.1 Å². The van der Waals surface area contributed by atoms with Crippen LogP contribution in [0.4, 0.5) is 10.5 Å². The van der Waals surface area contributed by atoms with Gasteiger partial charge in [0, 0.05) is 22.8 Å². The van der Waals surface area contributed by atoms with Gasteiger partial charge in [-0.15, -0.1) is 0 Å². The predicted octanol–water partition coefficient (Wildman–Crippen LogP) is 1.85. The molecule has 1 heterocycles. The van der Waals surface area contributed by atoms with Crippen LogP contribution in [0.15, 0.2) is 24.4 Å². The van der Waals surface area contributed by atoms with Crippen LogP contribution in [0.25, 0.3) is 10.9 Å². The molecule has 0 aliphatic carbocycles. The van der Waals surface area contributed by atoms with Gasteiger partial charge in [-0.3, -0.25) is 5.32 Å². The number of ether oxygens (including phenoxy) is 1. The van der Waals surface area contributed by atoms with E-state index in [1.807, 2.05) is 24.4 Å². The molecule has 5 nitrogen and oxygen atoms in total. The molecule has 0 spiro atoms. The van der Waals surface area contributed by atoms with Gasteiger partial charge in [0.25, 0.3) is 0 Å². The lowest BCUT2D eigenvalue weighted by Gasteiger charge is -2.04. The van der Waals surface area contributed by atoms with Crippen LogP contribution in [0.2, 0.25) is 0 Å². The van der Waals surface area contributed by atoms with E-state index in [1.165, 1.54) is 7.11 Å². The predicted molar refractivity (Wildman–Crippen MR) is 67.1 cm³/mol. The summed E-state index contributed by atoms with van der Waals surface area (Å²) in [6, 6.07) is 5.65. The summed E-state index contributed by atoms with van der Waals surface area (Å²) in [6.07, 6.45) is 2.28. The highest BCUT2D eigenvalue weighted by molar-refractivity contribution is 5.91. The molecule has 0 saturated carbocycles. The van der Waals surface area contributed by atoms with E-state index < -0.39 is 6.09 Å². The van der Waals surface area contributed by atoms with Crippen molar-refractivity contribution in [3.63, 3.8) is 0 Å². The highest BCUT2D eigenvalue weighted by Crippen LogP contribution is 2.22. The summed E-state index contributed by atoms with van der Waals surface area (Å²) >= 11 is 0. The van der Waals surface area contributed by atoms with Crippen molar-refractivity contribution in [3.8, 4) is 0 Å². The summed E-state index contributed by atoms with van der Waals surface area (Å²) in [5.41, 5.74) is 8.44. The lowest BCUT2D eigenvalue weighted by molar-refractivity contribution is 0.187. The number of hydrogen-bond acceptors (Lipinski definition) is 3. The minimum atomic E-state index is -0.472. The van der Waals surface area contributed by atoms with Gasteiger partial charge in [0.15, 0.2) is 0 Å². The number of nitrogens with two attached hydrogens (primary N) is 1. The quantitative estimate of drug-likeness (QED) is 0.756. The zero-order chi connectivity index (χ0) is 12.3. The average Bonchev–Trinajstić information content (AvgIpc) is 2.73. The molecule has 5 heteroatoms. The van der Waals surface area contributed by atoms with Gasteiger partial charge in [-0.1, -0.05) is 0 Å². The largest absolute Gasteiger partial charge is 0.453 e. The first kappa shape index (κ1) is 11.5. The van der Waals surface area contributed by atoms with Crippen LogP contribution in [0.3, 0.4) is 0 Å². The van der Waals surface area contributed by atoms with Crippen LogP contribution in [-0.2, 0) is 11.2 Å². The Bertz CT molecular complexity index is 534. The average molecular weight is 233 g/mol. The van der Waals surface area contributed by atoms with E-state index >= 15 is 0 Å². The van der Waals surface area contributed by atoms with Gasteiger partial charge in [-0.25, -0.2) is 4.79 Å².